The van der Waals surface area contributed by atoms with Crippen LogP contribution >= 0.6 is 0 Å². The van der Waals surface area contributed by atoms with Crippen molar-refractivity contribution in [2.24, 2.45) is 5.92 Å². The molecule has 1 saturated heterocycles. The van der Waals surface area contributed by atoms with E-state index in [1.165, 1.54) is 36.1 Å². The molecule has 1 aromatic rings. The molecular weight excluding hydrogens is 256 g/mol. The average Bonchev–Trinajstić information content (AvgIpc) is 2.40. The van der Waals surface area contributed by atoms with Crippen molar-refractivity contribution in [2.45, 2.75) is 59.5 Å². The van der Waals surface area contributed by atoms with Crippen LogP contribution in [0.25, 0.3) is 0 Å². The second-order valence-corrected chi connectivity index (χ2v) is 7.00. The summed E-state index contributed by atoms with van der Waals surface area (Å²) in [5, 5.41) is 3.69. The van der Waals surface area contributed by atoms with E-state index in [0.29, 0.717) is 12.1 Å². The van der Waals surface area contributed by atoms with Crippen molar-refractivity contribution in [1.29, 1.82) is 0 Å². The second kappa shape index (κ2) is 7.42. The van der Waals surface area contributed by atoms with Gasteiger partial charge in [-0.15, -0.1) is 0 Å². The predicted molar refractivity (Wildman–Crippen MR) is 91.8 cm³/mol. The summed E-state index contributed by atoms with van der Waals surface area (Å²) < 4.78 is 0. The Balaban J connectivity index is 2.11. The molecule has 1 N–H and O–H groups in total. The Kier molecular flexibility index (Phi) is 5.83. The molecular formula is C19H32N2. The van der Waals surface area contributed by atoms with Crippen molar-refractivity contribution in [3.05, 3.63) is 34.9 Å². The van der Waals surface area contributed by atoms with Crippen LogP contribution in [0.4, 0.5) is 0 Å². The van der Waals surface area contributed by atoms with Crippen LogP contribution < -0.4 is 5.32 Å². The Bertz CT molecular complexity index is 435. The van der Waals surface area contributed by atoms with Crippen molar-refractivity contribution in [3.63, 3.8) is 0 Å². The number of piperidine rings is 1. The molecule has 2 heteroatoms. The maximum absolute atomic E-state index is 3.69. The van der Waals surface area contributed by atoms with Gasteiger partial charge in [-0.05, 0) is 58.2 Å². The maximum atomic E-state index is 3.69. The van der Waals surface area contributed by atoms with E-state index >= 15 is 0 Å². The average molecular weight is 288 g/mol. The van der Waals surface area contributed by atoms with Crippen LogP contribution in [0.15, 0.2) is 18.2 Å². The van der Waals surface area contributed by atoms with Crippen molar-refractivity contribution in [1.82, 2.24) is 10.2 Å². The first-order valence-electron chi connectivity index (χ1n) is 8.55. The lowest BCUT2D eigenvalue weighted by atomic mass is 9.92. The standard InChI is InChI=1S/C19H32N2/c1-6-20-19(18-11-15(3)9-16(4)12-18)13-21-8-7-14(2)10-17(21)5/h9,11-12,14,17,19-20H,6-8,10,13H2,1-5H3. The number of nitrogens with one attached hydrogen (secondary N) is 1. The Morgan fingerprint density at radius 1 is 1.19 bits per heavy atom. The minimum Gasteiger partial charge on any atom is -0.309 e. The molecule has 3 atom stereocenters. The van der Waals surface area contributed by atoms with E-state index in [1.807, 2.05) is 0 Å². The molecule has 0 saturated carbocycles. The van der Waals surface area contributed by atoms with Gasteiger partial charge in [-0.1, -0.05) is 43.2 Å². The lowest BCUT2D eigenvalue weighted by Gasteiger charge is -2.39. The SMILES string of the molecule is CCNC(CN1CCC(C)CC1C)c1cc(C)cc(C)c1. The monoisotopic (exact) mass is 288 g/mol. The third-order valence-electron chi connectivity index (χ3n) is 4.79. The largest absolute Gasteiger partial charge is 0.309 e. The van der Waals surface area contributed by atoms with Gasteiger partial charge < -0.3 is 5.32 Å². The van der Waals surface area contributed by atoms with E-state index in [9.17, 15) is 0 Å². The smallest absolute Gasteiger partial charge is 0.0449 e. The maximum Gasteiger partial charge on any atom is 0.0449 e. The zero-order valence-electron chi connectivity index (χ0n) is 14.4. The summed E-state index contributed by atoms with van der Waals surface area (Å²) >= 11 is 0. The van der Waals surface area contributed by atoms with Gasteiger partial charge in [0.1, 0.15) is 0 Å². The van der Waals surface area contributed by atoms with Gasteiger partial charge in [-0.2, -0.15) is 0 Å². The number of rotatable bonds is 5. The summed E-state index contributed by atoms with van der Waals surface area (Å²) in [5.74, 6) is 0.884. The van der Waals surface area contributed by atoms with E-state index in [1.54, 1.807) is 0 Å². The van der Waals surface area contributed by atoms with Crippen molar-refractivity contribution in [2.75, 3.05) is 19.6 Å². The molecule has 2 rings (SSSR count). The Morgan fingerprint density at radius 2 is 1.86 bits per heavy atom. The minimum absolute atomic E-state index is 0.449. The molecule has 2 nitrogen and oxygen atoms in total. The molecule has 1 aromatic carbocycles. The highest BCUT2D eigenvalue weighted by Gasteiger charge is 2.25. The van der Waals surface area contributed by atoms with Crippen LogP contribution in [0.1, 0.15) is 56.3 Å². The summed E-state index contributed by atoms with van der Waals surface area (Å²) in [6.45, 7) is 14.8. The summed E-state index contributed by atoms with van der Waals surface area (Å²) in [6, 6.07) is 8.11. The number of hydrogen-bond acceptors (Lipinski definition) is 2. The van der Waals surface area contributed by atoms with Gasteiger partial charge in [0.15, 0.2) is 0 Å². The Morgan fingerprint density at radius 3 is 2.43 bits per heavy atom. The number of aryl methyl sites for hydroxylation is 2. The van der Waals surface area contributed by atoms with Crippen LogP contribution in [0, 0.1) is 19.8 Å². The Hall–Kier alpha value is -0.860. The second-order valence-electron chi connectivity index (χ2n) is 7.00. The van der Waals surface area contributed by atoms with Gasteiger partial charge in [-0.25, -0.2) is 0 Å². The topological polar surface area (TPSA) is 15.3 Å². The number of nitrogens with zero attached hydrogens (tertiary/aromatic N) is 1. The minimum atomic E-state index is 0.449. The third-order valence-corrected chi connectivity index (χ3v) is 4.79. The van der Waals surface area contributed by atoms with E-state index in [-0.39, 0.29) is 0 Å². The molecule has 1 aliphatic rings. The van der Waals surface area contributed by atoms with Crippen LogP contribution in [0.5, 0.6) is 0 Å². The first kappa shape index (κ1) is 16.5. The lowest BCUT2D eigenvalue weighted by Crippen LogP contribution is -2.44. The fourth-order valence-corrected chi connectivity index (χ4v) is 3.71. The van der Waals surface area contributed by atoms with Crippen molar-refractivity contribution in [3.8, 4) is 0 Å². The van der Waals surface area contributed by atoms with Crippen molar-refractivity contribution < 1.29 is 0 Å². The highest BCUT2D eigenvalue weighted by molar-refractivity contribution is 5.31. The highest BCUT2D eigenvalue weighted by Crippen LogP contribution is 2.25. The molecule has 0 amide bonds. The van der Waals surface area contributed by atoms with E-state index in [0.717, 1.165) is 19.0 Å². The first-order chi connectivity index (χ1) is 9.99. The zero-order valence-corrected chi connectivity index (χ0v) is 14.4. The lowest BCUT2D eigenvalue weighted by molar-refractivity contribution is 0.117. The fraction of sp³-hybridized carbons (Fsp3) is 0.684. The molecule has 118 valence electrons. The van der Waals surface area contributed by atoms with Crippen LogP contribution in [0.3, 0.4) is 0 Å². The molecule has 1 aliphatic heterocycles. The number of likely N-dealkylation sites (N-methyl/N-ethyl adjacent to an activating group) is 1. The first-order valence-corrected chi connectivity index (χ1v) is 8.55. The van der Waals surface area contributed by atoms with E-state index in [2.05, 4.69) is 63.0 Å². The van der Waals surface area contributed by atoms with Crippen LogP contribution in [-0.2, 0) is 0 Å². The van der Waals surface area contributed by atoms with Crippen LogP contribution in [-0.4, -0.2) is 30.6 Å². The molecule has 0 spiro atoms. The van der Waals surface area contributed by atoms with Gasteiger partial charge >= 0.3 is 0 Å². The molecule has 0 radical (unpaired) electrons. The van der Waals surface area contributed by atoms with Gasteiger partial charge in [-0.3, -0.25) is 4.90 Å². The van der Waals surface area contributed by atoms with E-state index in [4.69, 9.17) is 0 Å². The predicted octanol–water partition coefficient (Wildman–Crippen LogP) is 4.07. The van der Waals surface area contributed by atoms with Gasteiger partial charge in [0.05, 0.1) is 0 Å². The summed E-state index contributed by atoms with van der Waals surface area (Å²) in [7, 11) is 0. The molecule has 0 aliphatic carbocycles. The highest BCUT2D eigenvalue weighted by atomic mass is 15.2. The molecule has 1 heterocycles. The summed E-state index contributed by atoms with van der Waals surface area (Å²) in [6.07, 6.45) is 2.68. The van der Waals surface area contributed by atoms with Gasteiger partial charge in [0, 0.05) is 18.6 Å². The summed E-state index contributed by atoms with van der Waals surface area (Å²) in [4.78, 5) is 2.67. The molecule has 0 aromatic heterocycles. The zero-order chi connectivity index (χ0) is 15.4. The van der Waals surface area contributed by atoms with Gasteiger partial charge in [0.2, 0.25) is 0 Å². The summed E-state index contributed by atoms with van der Waals surface area (Å²) in [5.41, 5.74) is 4.18. The third kappa shape index (κ3) is 4.55. The normalized spacial score (nSPS) is 25.0. The molecule has 1 fully saturated rings. The molecule has 3 unspecified atom stereocenters. The Labute approximate surface area is 130 Å². The van der Waals surface area contributed by atoms with Crippen molar-refractivity contribution >= 4 is 0 Å². The van der Waals surface area contributed by atoms with Crippen LogP contribution in [0.2, 0.25) is 0 Å². The number of benzene rings is 1. The number of hydrogen-bond donors (Lipinski definition) is 1. The van der Waals surface area contributed by atoms with E-state index < -0.39 is 0 Å². The fourth-order valence-electron chi connectivity index (χ4n) is 3.71. The van der Waals surface area contributed by atoms with Gasteiger partial charge in [0.25, 0.3) is 0 Å². The number of likely N-dealkylation sites (tertiary alicyclic amines) is 1. The quantitative estimate of drug-likeness (QED) is 0.878. The molecule has 21 heavy (non-hydrogen) atoms. The molecule has 0 bridgehead atoms.